The Labute approximate surface area is 161 Å². The van der Waals surface area contributed by atoms with Crippen molar-refractivity contribution in [1.82, 2.24) is 20.4 Å². The summed E-state index contributed by atoms with van der Waals surface area (Å²) in [6, 6.07) is 6.32. The van der Waals surface area contributed by atoms with Crippen LogP contribution < -0.4 is 10.6 Å². The van der Waals surface area contributed by atoms with Gasteiger partial charge in [0.1, 0.15) is 5.76 Å². The lowest BCUT2D eigenvalue weighted by Gasteiger charge is -2.17. The van der Waals surface area contributed by atoms with E-state index in [1.54, 1.807) is 6.26 Å². The number of hydrogen-bond donors (Lipinski definition) is 2. The van der Waals surface area contributed by atoms with Crippen molar-refractivity contribution in [3.8, 4) is 0 Å². The lowest BCUT2D eigenvalue weighted by Crippen LogP contribution is -2.43. The van der Waals surface area contributed by atoms with E-state index in [1.165, 1.54) is 5.69 Å². The molecule has 7 heteroatoms. The first kappa shape index (κ1) is 20.5. The average molecular weight is 445 g/mol. The van der Waals surface area contributed by atoms with Crippen molar-refractivity contribution >= 4 is 29.9 Å². The highest BCUT2D eigenvalue weighted by atomic mass is 127. The van der Waals surface area contributed by atoms with E-state index in [9.17, 15) is 0 Å². The van der Waals surface area contributed by atoms with E-state index in [2.05, 4.69) is 34.6 Å². The molecular weight excluding hydrogens is 417 g/mol. The van der Waals surface area contributed by atoms with Gasteiger partial charge in [0.25, 0.3) is 0 Å². The van der Waals surface area contributed by atoms with Crippen LogP contribution in [-0.2, 0) is 19.9 Å². The van der Waals surface area contributed by atoms with E-state index in [-0.39, 0.29) is 24.0 Å². The average Bonchev–Trinajstić information content (AvgIpc) is 3.19. The van der Waals surface area contributed by atoms with Crippen LogP contribution in [0.25, 0.3) is 0 Å². The molecule has 2 aromatic heterocycles. The number of guanidine groups is 1. The Hall–Kier alpha value is -1.51. The van der Waals surface area contributed by atoms with Gasteiger partial charge in [0, 0.05) is 50.9 Å². The summed E-state index contributed by atoms with van der Waals surface area (Å²) in [5.41, 5.74) is 1.20. The van der Waals surface area contributed by atoms with Crippen LogP contribution in [0.5, 0.6) is 0 Å². The van der Waals surface area contributed by atoms with Crippen molar-refractivity contribution in [1.29, 1.82) is 0 Å². The van der Waals surface area contributed by atoms with Gasteiger partial charge in [-0.25, -0.2) is 0 Å². The molecule has 2 aromatic rings. The number of aromatic nitrogens is 2. The fraction of sp³-hybridized carbons (Fsp3) is 0.529. The summed E-state index contributed by atoms with van der Waals surface area (Å²) in [6.07, 6.45) is 6.30. The number of furan rings is 1. The van der Waals surface area contributed by atoms with Crippen molar-refractivity contribution in [2.24, 2.45) is 12.0 Å². The normalized spacial score (nSPS) is 12.5. The van der Waals surface area contributed by atoms with Crippen molar-refractivity contribution in [2.75, 3.05) is 13.1 Å². The van der Waals surface area contributed by atoms with E-state index in [0.717, 1.165) is 37.5 Å². The Kier molecular flexibility index (Phi) is 9.51. The molecule has 134 valence electrons. The predicted molar refractivity (Wildman–Crippen MR) is 108 cm³/mol. The second kappa shape index (κ2) is 11.1. The number of aryl methyl sites for hydroxylation is 1. The minimum atomic E-state index is 0. The zero-order valence-corrected chi connectivity index (χ0v) is 17.0. The summed E-state index contributed by atoms with van der Waals surface area (Å²) < 4.78 is 7.24. The number of hydrogen-bond acceptors (Lipinski definition) is 3. The molecule has 1 unspecified atom stereocenters. The second-order valence-electron chi connectivity index (χ2n) is 5.64. The van der Waals surface area contributed by atoms with Crippen LogP contribution in [0.3, 0.4) is 0 Å². The minimum absolute atomic E-state index is 0. The Bertz CT molecular complexity index is 594. The SMILES string of the molecule is CCC(C)NC(=NCCc1ccco1)NCCc1ccnn1C.I. The fourth-order valence-electron chi connectivity index (χ4n) is 2.18. The summed E-state index contributed by atoms with van der Waals surface area (Å²) >= 11 is 0. The van der Waals surface area contributed by atoms with Gasteiger partial charge >= 0.3 is 0 Å². The Balaban J connectivity index is 0.00000288. The number of nitrogens with one attached hydrogen (secondary N) is 2. The lowest BCUT2D eigenvalue weighted by molar-refractivity contribution is 0.510. The number of rotatable bonds is 8. The van der Waals surface area contributed by atoms with Crippen LogP contribution in [0.15, 0.2) is 40.1 Å². The largest absolute Gasteiger partial charge is 0.469 e. The summed E-state index contributed by atoms with van der Waals surface area (Å²) in [5, 5.41) is 11.0. The molecule has 0 saturated carbocycles. The third-order valence-corrected chi connectivity index (χ3v) is 3.80. The monoisotopic (exact) mass is 445 g/mol. The molecule has 6 nitrogen and oxygen atoms in total. The number of halogens is 1. The maximum Gasteiger partial charge on any atom is 0.191 e. The molecule has 0 amide bonds. The van der Waals surface area contributed by atoms with Crippen LogP contribution in [0.2, 0.25) is 0 Å². The molecule has 2 N–H and O–H groups in total. The second-order valence-corrected chi connectivity index (χ2v) is 5.64. The van der Waals surface area contributed by atoms with Gasteiger partial charge in [0.05, 0.1) is 6.26 Å². The Morgan fingerprint density at radius 2 is 2.21 bits per heavy atom. The standard InChI is InChI=1S/C17H27N5O.HI/c1-4-14(2)21-17(19-11-9-16-6-5-13-23-16)18-10-7-15-8-12-20-22(15)3;/h5-6,8,12-14H,4,7,9-11H2,1-3H3,(H2,18,19,21);1H. The van der Waals surface area contributed by atoms with Gasteiger partial charge in [-0.3, -0.25) is 9.67 Å². The summed E-state index contributed by atoms with van der Waals surface area (Å²) in [4.78, 5) is 4.64. The van der Waals surface area contributed by atoms with Crippen LogP contribution in [0, 0.1) is 0 Å². The summed E-state index contributed by atoms with van der Waals surface area (Å²) in [5.74, 6) is 1.82. The Morgan fingerprint density at radius 3 is 2.83 bits per heavy atom. The molecule has 24 heavy (non-hydrogen) atoms. The summed E-state index contributed by atoms with van der Waals surface area (Å²) in [6.45, 7) is 5.84. The van der Waals surface area contributed by atoms with E-state index >= 15 is 0 Å². The zero-order valence-electron chi connectivity index (χ0n) is 14.7. The number of nitrogens with zero attached hydrogens (tertiary/aromatic N) is 3. The van der Waals surface area contributed by atoms with Crippen molar-refractivity contribution in [3.05, 3.63) is 42.1 Å². The van der Waals surface area contributed by atoms with Gasteiger partial charge in [0.2, 0.25) is 0 Å². The first-order chi connectivity index (χ1) is 11.2. The third-order valence-electron chi connectivity index (χ3n) is 3.80. The van der Waals surface area contributed by atoms with Crippen LogP contribution >= 0.6 is 24.0 Å². The van der Waals surface area contributed by atoms with Gasteiger partial charge < -0.3 is 15.1 Å². The third kappa shape index (κ3) is 6.94. The highest BCUT2D eigenvalue weighted by Gasteiger charge is 2.05. The van der Waals surface area contributed by atoms with Gasteiger partial charge in [-0.1, -0.05) is 6.92 Å². The molecule has 0 saturated heterocycles. The highest BCUT2D eigenvalue weighted by Crippen LogP contribution is 2.01. The molecule has 0 radical (unpaired) electrons. The van der Waals surface area contributed by atoms with E-state index in [1.807, 2.05) is 36.1 Å². The molecule has 0 bridgehead atoms. The van der Waals surface area contributed by atoms with Gasteiger partial charge in [0.15, 0.2) is 5.96 Å². The zero-order chi connectivity index (χ0) is 16.5. The maximum atomic E-state index is 5.34. The topological polar surface area (TPSA) is 67.4 Å². The van der Waals surface area contributed by atoms with Crippen LogP contribution in [-0.4, -0.2) is 34.9 Å². The maximum absolute atomic E-state index is 5.34. The van der Waals surface area contributed by atoms with Gasteiger partial charge in [-0.15, -0.1) is 24.0 Å². The van der Waals surface area contributed by atoms with Crippen LogP contribution in [0.4, 0.5) is 0 Å². The lowest BCUT2D eigenvalue weighted by atomic mass is 10.2. The van der Waals surface area contributed by atoms with Crippen molar-refractivity contribution < 1.29 is 4.42 Å². The molecular formula is C17H28IN5O. The summed E-state index contributed by atoms with van der Waals surface area (Å²) in [7, 11) is 1.96. The molecule has 0 aliphatic carbocycles. The first-order valence-electron chi connectivity index (χ1n) is 8.23. The molecule has 0 fully saturated rings. The van der Waals surface area contributed by atoms with E-state index in [4.69, 9.17) is 4.42 Å². The molecule has 0 aliphatic heterocycles. The van der Waals surface area contributed by atoms with Gasteiger partial charge in [-0.2, -0.15) is 5.10 Å². The fourth-order valence-corrected chi connectivity index (χ4v) is 2.18. The molecule has 2 rings (SSSR count). The van der Waals surface area contributed by atoms with Gasteiger partial charge in [-0.05, 0) is 31.5 Å². The highest BCUT2D eigenvalue weighted by molar-refractivity contribution is 14.0. The van der Waals surface area contributed by atoms with Crippen LogP contribution in [0.1, 0.15) is 31.7 Å². The van der Waals surface area contributed by atoms with Crippen molar-refractivity contribution in [2.45, 2.75) is 39.2 Å². The predicted octanol–water partition coefficient (Wildman–Crippen LogP) is 2.75. The molecule has 1 atom stereocenters. The number of aliphatic imine (C=N–C) groups is 1. The Morgan fingerprint density at radius 1 is 1.38 bits per heavy atom. The van der Waals surface area contributed by atoms with E-state index < -0.39 is 0 Å². The molecule has 0 aromatic carbocycles. The molecule has 2 heterocycles. The first-order valence-corrected chi connectivity index (χ1v) is 8.23. The smallest absolute Gasteiger partial charge is 0.191 e. The van der Waals surface area contributed by atoms with E-state index in [0.29, 0.717) is 12.6 Å². The van der Waals surface area contributed by atoms with Crippen molar-refractivity contribution in [3.63, 3.8) is 0 Å². The molecule has 0 spiro atoms. The molecule has 0 aliphatic rings. The minimum Gasteiger partial charge on any atom is -0.469 e. The quantitative estimate of drug-likeness (QED) is 0.373.